The number of carbonyl (C=O) groups is 3. The lowest BCUT2D eigenvalue weighted by Gasteiger charge is -2.37. The largest absolute Gasteiger partial charge is 0.326 e. The molecule has 3 aliphatic rings. The van der Waals surface area contributed by atoms with Crippen LogP contribution in [0.2, 0.25) is 0 Å². The Bertz CT molecular complexity index is 888. The van der Waals surface area contributed by atoms with Crippen molar-refractivity contribution in [2.45, 2.75) is 32.2 Å². The highest BCUT2D eigenvalue weighted by Crippen LogP contribution is 2.29. The van der Waals surface area contributed by atoms with Gasteiger partial charge in [0, 0.05) is 45.0 Å². The number of piperidine rings is 1. The number of nitrogens with one attached hydrogen (secondary N) is 2. The zero-order valence-corrected chi connectivity index (χ0v) is 19.3. The maximum Gasteiger partial charge on any atom is 0.326 e. The minimum absolute atomic E-state index is 0.0227. The standard InChI is InChI=1S/C23H34N6O3/c1-17-5-4-6-19(18(17)2)24-20(30)15-27-11-13-28(14-12-27)16-29-21(31)23(25-22(29)32)7-9-26(3)10-8-23/h4-6H,7-16H2,1-3H3,(H,24,30)(H,25,32). The van der Waals surface area contributed by atoms with E-state index in [1.54, 1.807) is 0 Å². The average Bonchev–Trinajstić information content (AvgIpc) is 2.99. The van der Waals surface area contributed by atoms with Crippen molar-refractivity contribution in [3.63, 3.8) is 0 Å². The van der Waals surface area contributed by atoms with Gasteiger partial charge in [0.05, 0.1) is 13.2 Å². The highest BCUT2D eigenvalue weighted by atomic mass is 16.2. The van der Waals surface area contributed by atoms with E-state index < -0.39 is 5.54 Å². The Morgan fingerprint density at radius 3 is 2.38 bits per heavy atom. The van der Waals surface area contributed by atoms with E-state index in [0.29, 0.717) is 39.1 Å². The molecule has 3 heterocycles. The smallest absolute Gasteiger partial charge is 0.325 e. The number of anilines is 1. The quantitative estimate of drug-likeness (QED) is 0.657. The number of rotatable bonds is 5. The summed E-state index contributed by atoms with van der Waals surface area (Å²) in [5.74, 6) is -0.114. The number of carbonyl (C=O) groups excluding carboxylic acids is 3. The van der Waals surface area contributed by atoms with Gasteiger partial charge in [0.15, 0.2) is 0 Å². The molecule has 3 saturated heterocycles. The molecule has 4 amide bonds. The normalized spacial score (nSPS) is 22.4. The summed E-state index contributed by atoms with van der Waals surface area (Å²) in [5.41, 5.74) is 2.37. The van der Waals surface area contributed by atoms with Crippen LogP contribution in [-0.2, 0) is 9.59 Å². The van der Waals surface area contributed by atoms with Gasteiger partial charge in [-0.2, -0.15) is 0 Å². The number of imide groups is 1. The van der Waals surface area contributed by atoms with Crippen LogP contribution in [0.15, 0.2) is 18.2 Å². The lowest BCUT2D eigenvalue weighted by molar-refractivity contribution is -0.134. The van der Waals surface area contributed by atoms with Crippen molar-refractivity contribution in [1.29, 1.82) is 0 Å². The minimum atomic E-state index is -0.725. The summed E-state index contributed by atoms with van der Waals surface area (Å²) in [5, 5.41) is 5.98. The van der Waals surface area contributed by atoms with Gasteiger partial charge in [-0.25, -0.2) is 9.69 Å². The first-order valence-electron chi connectivity index (χ1n) is 11.4. The summed E-state index contributed by atoms with van der Waals surface area (Å²) in [6.07, 6.45) is 1.32. The van der Waals surface area contributed by atoms with E-state index >= 15 is 0 Å². The van der Waals surface area contributed by atoms with Crippen LogP contribution in [0.3, 0.4) is 0 Å². The topological polar surface area (TPSA) is 88.2 Å². The Balaban J connectivity index is 1.25. The highest BCUT2D eigenvalue weighted by molar-refractivity contribution is 6.07. The molecule has 1 aromatic carbocycles. The molecule has 3 aliphatic heterocycles. The minimum Gasteiger partial charge on any atom is -0.325 e. The van der Waals surface area contributed by atoms with Crippen LogP contribution in [0, 0.1) is 13.8 Å². The van der Waals surface area contributed by atoms with E-state index in [0.717, 1.165) is 43.0 Å². The lowest BCUT2D eigenvalue weighted by atomic mass is 9.88. The van der Waals surface area contributed by atoms with Crippen molar-refractivity contribution < 1.29 is 14.4 Å². The molecule has 174 valence electrons. The first-order chi connectivity index (χ1) is 15.3. The van der Waals surface area contributed by atoms with E-state index in [2.05, 4.69) is 25.3 Å². The van der Waals surface area contributed by atoms with Gasteiger partial charge in [0.25, 0.3) is 5.91 Å². The molecule has 0 aliphatic carbocycles. The number of piperazine rings is 1. The molecule has 0 unspecified atom stereocenters. The summed E-state index contributed by atoms with van der Waals surface area (Å²) in [6, 6.07) is 5.62. The maximum atomic E-state index is 13.0. The number of nitrogens with zero attached hydrogens (tertiary/aromatic N) is 4. The van der Waals surface area contributed by atoms with E-state index in [4.69, 9.17) is 0 Å². The molecule has 9 nitrogen and oxygen atoms in total. The first kappa shape index (κ1) is 22.7. The van der Waals surface area contributed by atoms with Gasteiger partial charge in [-0.3, -0.25) is 19.4 Å². The number of hydrogen-bond acceptors (Lipinski definition) is 6. The Morgan fingerprint density at radius 1 is 1.03 bits per heavy atom. The van der Waals surface area contributed by atoms with Crippen LogP contribution in [-0.4, -0.2) is 103 Å². The van der Waals surface area contributed by atoms with Crippen LogP contribution < -0.4 is 10.6 Å². The first-order valence-corrected chi connectivity index (χ1v) is 11.4. The molecule has 9 heteroatoms. The van der Waals surface area contributed by atoms with Crippen LogP contribution in [0.1, 0.15) is 24.0 Å². The van der Waals surface area contributed by atoms with Crippen molar-refractivity contribution in [3.8, 4) is 0 Å². The fourth-order valence-electron chi connectivity index (χ4n) is 4.71. The zero-order valence-electron chi connectivity index (χ0n) is 19.3. The average molecular weight is 443 g/mol. The van der Waals surface area contributed by atoms with Crippen LogP contribution in [0.25, 0.3) is 0 Å². The molecule has 2 N–H and O–H groups in total. The van der Waals surface area contributed by atoms with Gasteiger partial charge in [-0.05, 0) is 50.9 Å². The van der Waals surface area contributed by atoms with Gasteiger partial charge >= 0.3 is 6.03 Å². The third-order valence-electron chi connectivity index (χ3n) is 7.14. The molecule has 0 bridgehead atoms. The monoisotopic (exact) mass is 442 g/mol. The molecule has 0 saturated carbocycles. The summed E-state index contributed by atoms with van der Waals surface area (Å²) >= 11 is 0. The number of urea groups is 1. The molecule has 0 radical (unpaired) electrons. The van der Waals surface area contributed by atoms with Crippen LogP contribution >= 0.6 is 0 Å². The molecule has 4 rings (SSSR count). The predicted molar refractivity (Wildman–Crippen MR) is 122 cm³/mol. The maximum absolute atomic E-state index is 13.0. The summed E-state index contributed by atoms with van der Waals surface area (Å²) in [4.78, 5) is 45.9. The van der Waals surface area contributed by atoms with E-state index in [1.807, 2.05) is 39.1 Å². The van der Waals surface area contributed by atoms with Crippen LogP contribution in [0.4, 0.5) is 10.5 Å². The van der Waals surface area contributed by atoms with Gasteiger partial charge < -0.3 is 15.5 Å². The molecule has 0 atom stereocenters. The fraction of sp³-hybridized carbons (Fsp3) is 0.609. The molecular weight excluding hydrogens is 408 g/mol. The van der Waals surface area contributed by atoms with Gasteiger partial charge in [-0.15, -0.1) is 0 Å². The second-order valence-electron chi connectivity index (χ2n) is 9.38. The summed E-state index contributed by atoms with van der Waals surface area (Å²) < 4.78 is 0. The third kappa shape index (κ3) is 4.65. The molecule has 1 spiro atoms. The zero-order chi connectivity index (χ0) is 22.9. The van der Waals surface area contributed by atoms with Crippen molar-refractivity contribution in [2.75, 3.05) is 64.8 Å². The molecule has 32 heavy (non-hydrogen) atoms. The number of aryl methyl sites for hydroxylation is 1. The number of amides is 4. The van der Waals surface area contributed by atoms with E-state index in [-0.39, 0.29) is 17.8 Å². The van der Waals surface area contributed by atoms with Gasteiger partial charge in [0.1, 0.15) is 5.54 Å². The second kappa shape index (κ2) is 9.17. The van der Waals surface area contributed by atoms with E-state index in [9.17, 15) is 14.4 Å². The lowest BCUT2D eigenvalue weighted by Crippen LogP contribution is -2.55. The number of hydrogen-bond donors (Lipinski definition) is 2. The Labute approximate surface area is 189 Å². The van der Waals surface area contributed by atoms with Crippen molar-refractivity contribution in [3.05, 3.63) is 29.3 Å². The summed E-state index contributed by atoms with van der Waals surface area (Å²) in [6.45, 7) is 9.17. The third-order valence-corrected chi connectivity index (χ3v) is 7.14. The summed E-state index contributed by atoms with van der Waals surface area (Å²) in [7, 11) is 2.04. The highest BCUT2D eigenvalue weighted by Gasteiger charge is 2.52. The molecular formula is C23H34N6O3. The van der Waals surface area contributed by atoms with Gasteiger partial charge in [-0.1, -0.05) is 12.1 Å². The Kier molecular flexibility index (Phi) is 6.50. The van der Waals surface area contributed by atoms with Crippen molar-refractivity contribution in [1.82, 2.24) is 24.9 Å². The molecule has 0 aromatic heterocycles. The van der Waals surface area contributed by atoms with Crippen molar-refractivity contribution >= 4 is 23.5 Å². The van der Waals surface area contributed by atoms with E-state index in [1.165, 1.54) is 4.90 Å². The van der Waals surface area contributed by atoms with Crippen LogP contribution in [0.5, 0.6) is 0 Å². The molecule has 1 aromatic rings. The number of likely N-dealkylation sites (tertiary alicyclic amines) is 1. The van der Waals surface area contributed by atoms with Crippen molar-refractivity contribution in [2.24, 2.45) is 0 Å². The SMILES string of the molecule is Cc1cccc(NC(=O)CN2CCN(CN3C(=O)NC4(CCN(C)CC4)C3=O)CC2)c1C. The molecule has 3 fully saturated rings. The Hall–Kier alpha value is -2.49. The van der Waals surface area contributed by atoms with Gasteiger partial charge in [0.2, 0.25) is 5.91 Å². The predicted octanol–water partition coefficient (Wildman–Crippen LogP) is 0.833. The number of benzene rings is 1. The fourth-order valence-corrected chi connectivity index (χ4v) is 4.71. The Morgan fingerprint density at radius 2 is 1.69 bits per heavy atom. The second-order valence-corrected chi connectivity index (χ2v) is 9.38.